The summed E-state index contributed by atoms with van der Waals surface area (Å²) < 4.78 is 0. The van der Waals surface area contributed by atoms with Gasteiger partial charge in [-0.3, -0.25) is 0 Å². The Labute approximate surface area is 160 Å². The monoisotopic (exact) mass is 402 g/mol. The third-order valence-electron chi connectivity index (χ3n) is 4.94. The number of carbonyl (C=O) groups is 4. The van der Waals surface area contributed by atoms with Gasteiger partial charge in [0.25, 0.3) is 0 Å². The van der Waals surface area contributed by atoms with Crippen LogP contribution in [0.25, 0.3) is 0 Å². The standard InChI is InChI=1S/C19H18O8Si/c1-3-28(2,10-4-6-12(16(20)21)14(8-10)18(24)25)11-5-7-13(17(22)23)15(9-11)19(26)27/h4-9H,3H2,1-2H3,(H,20,21)(H,22,23)(H,24,25)(H,26,27). The number of hydrogen-bond acceptors (Lipinski definition) is 4. The van der Waals surface area contributed by atoms with Gasteiger partial charge in [-0.15, -0.1) is 0 Å². The van der Waals surface area contributed by atoms with Gasteiger partial charge < -0.3 is 20.4 Å². The van der Waals surface area contributed by atoms with E-state index < -0.39 is 32.0 Å². The molecule has 0 saturated carbocycles. The lowest BCUT2D eigenvalue weighted by atomic mass is 10.1. The molecule has 0 unspecified atom stereocenters. The van der Waals surface area contributed by atoms with Crippen molar-refractivity contribution >= 4 is 42.3 Å². The molecule has 2 rings (SSSR count). The topological polar surface area (TPSA) is 149 Å². The summed E-state index contributed by atoms with van der Waals surface area (Å²) in [5.41, 5.74) is -1.37. The van der Waals surface area contributed by atoms with Crippen LogP contribution in [0.4, 0.5) is 0 Å². The number of carboxylic acids is 4. The molecule has 0 bridgehead atoms. The molecular weight excluding hydrogens is 384 g/mol. The highest BCUT2D eigenvalue weighted by Gasteiger charge is 2.33. The van der Waals surface area contributed by atoms with Crippen molar-refractivity contribution in [2.75, 3.05) is 0 Å². The molecule has 9 heteroatoms. The fourth-order valence-corrected chi connectivity index (χ4v) is 6.05. The van der Waals surface area contributed by atoms with Crippen molar-refractivity contribution in [3.8, 4) is 0 Å². The second kappa shape index (κ2) is 7.65. The molecule has 0 saturated heterocycles. The summed E-state index contributed by atoms with van der Waals surface area (Å²) >= 11 is 0. The first-order valence-corrected chi connectivity index (χ1v) is 11.0. The van der Waals surface area contributed by atoms with Gasteiger partial charge in [0.15, 0.2) is 0 Å². The second-order valence-electron chi connectivity index (χ2n) is 6.43. The van der Waals surface area contributed by atoms with Crippen molar-refractivity contribution in [1.82, 2.24) is 0 Å². The molecule has 0 heterocycles. The van der Waals surface area contributed by atoms with Crippen LogP contribution in [0.1, 0.15) is 48.4 Å². The molecule has 4 N–H and O–H groups in total. The van der Waals surface area contributed by atoms with Gasteiger partial charge in [-0.1, -0.05) is 42.0 Å². The Balaban J connectivity index is 2.72. The average molecular weight is 402 g/mol. The Morgan fingerprint density at radius 1 is 0.679 bits per heavy atom. The molecule has 0 aliphatic carbocycles. The summed E-state index contributed by atoms with van der Waals surface area (Å²) in [6, 6.07) is 8.72. The van der Waals surface area contributed by atoms with Crippen LogP contribution in [0.3, 0.4) is 0 Å². The Hall–Kier alpha value is -3.46. The minimum atomic E-state index is -2.66. The van der Waals surface area contributed by atoms with E-state index in [4.69, 9.17) is 0 Å². The highest BCUT2D eigenvalue weighted by molar-refractivity contribution is 7.01. The zero-order valence-corrected chi connectivity index (χ0v) is 16.1. The minimum Gasteiger partial charge on any atom is -0.478 e. The van der Waals surface area contributed by atoms with E-state index in [1.54, 1.807) is 0 Å². The highest BCUT2D eigenvalue weighted by Crippen LogP contribution is 2.17. The number of hydrogen-bond donors (Lipinski definition) is 4. The van der Waals surface area contributed by atoms with Crippen LogP contribution >= 0.6 is 0 Å². The maximum absolute atomic E-state index is 11.5. The molecule has 0 aromatic heterocycles. The molecule has 28 heavy (non-hydrogen) atoms. The number of aromatic carboxylic acids is 4. The van der Waals surface area contributed by atoms with Gasteiger partial charge in [-0.25, -0.2) is 19.2 Å². The minimum absolute atomic E-state index is 0.337. The highest BCUT2D eigenvalue weighted by atomic mass is 28.3. The van der Waals surface area contributed by atoms with Gasteiger partial charge >= 0.3 is 23.9 Å². The van der Waals surface area contributed by atoms with Crippen molar-refractivity contribution in [1.29, 1.82) is 0 Å². The Bertz CT molecular complexity index is 920. The third-order valence-corrected chi connectivity index (χ3v) is 9.53. The van der Waals surface area contributed by atoms with Crippen LogP contribution < -0.4 is 10.4 Å². The molecule has 0 spiro atoms. The number of rotatable bonds is 7. The maximum Gasteiger partial charge on any atom is 0.336 e. The van der Waals surface area contributed by atoms with Crippen LogP contribution in [-0.4, -0.2) is 52.4 Å². The third kappa shape index (κ3) is 3.65. The molecular formula is C19H18O8Si. The summed E-state index contributed by atoms with van der Waals surface area (Å²) in [6.07, 6.45) is 0. The van der Waals surface area contributed by atoms with E-state index in [2.05, 4.69) is 0 Å². The molecule has 0 aliphatic rings. The van der Waals surface area contributed by atoms with Gasteiger partial charge in [-0.05, 0) is 24.3 Å². The van der Waals surface area contributed by atoms with Crippen molar-refractivity contribution < 1.29 is 39.6 Å². The first-order chi connectivity index (χ1) is 13.0. The first-order valence-electron chi connectivity index (χ1n) is 8.25. The molecule has 8 nitrogen and oxygen atoms in total. The lowest BCUT2D eigenvalue weighted by Gasteiger charge is -2.28. The van der Waals surface area contributed by atoms with Gasteiger partial charge in [0, 0.05) is 0 Å². The zero-order chi connectivity index (χ0) is 21.2. The second-order valence-corrected chi connectivity index (χ2v) is 11.0. The van der Waals surface area contributed by atoms with Gasteiger partial charge in [0.05, 0.1) is 22.3 Å². The van der Waals surface area contributed by atoms with Crippen molar-refractivity contribution in [2.45, 2.75) is 19.5 Å². The molecule has 2 aromatic carbocycles. The lowest BCUT2D eigenvalue weighted by molar-refractivity contribution is 0.0651. The van der Waals surface area contributed by atoms with Crippen molar-refractivity contribution in [3.05, 3.63) is 58.7 Å². The predicted molar refractivity (Wildman–Crippen MR) is 102 cm³/mol. The lowest BCUT2D eigenvalue weighted by Crippen LogP contribution is -2.55. The molecule has 0 aliphatic heterocycles. The van der Waals surface area contributed by atoms with Crippen molar-refractivity contribution in [3.63, 3.8) is 0 Å². The summed E-state index contributed by atoms with van der Waals surface area (Å²) in [4.78, 5) is 45.6. The maximum atomic E-state index is 11.5. The zero-order valence-electron chi connectivity index (χ0n) is 15.1. The van der Waals surface area contributed by atoms with E-state index in [-0.39, 0.29) is 22.3 Å². The predicted octanol–water partition coefficient (Wildman–Crippen LogP) is 1.69. The SMILES string of the molecule is CC[Si](C)(c1ccc(C(=O)O)c(C(=O)O)c1)c1ccc(C(=O)O)c(C(=O)O)c1. The molecule has 0 amide bonds. The fourth-order valence-electron chi connectivity index (χ4n) is 3.08. The van der Waals surface area contributed by atoms with Crippen LogP contribution in [0, 0.1) is 0 Å². The van der Waals surface area contributed by atoms with Crippen LogP contribution in [0.5, 0.6) is 0 Å². The summed E-state index contributed by atoms with van der Waals surface area (Å²) in [5, 5.41) is 38.3. The molecule has 0 atom stereocenters. The molecule has 146 valence electrons. The van der Waals surface area contributed by atoms with E-state index in [0.717, 1.165) is 0 Å². The van der Waals surface area contributed by atoms with Gasteiger partial charge in [0.2, 0.25) is 0 Å². The Morgan fingerprint density at radius 3 is 1.25 bits per heavy atom. The number of carboxylic acid groups (broad SMARTS) is 4. The Morgan fingerprint density at radius 2 is 1.00 bits per heavy atom. The summed E-state index contributed by atoms with van der Waals surface area (Å²) in [6.45, 7) is 3.75. The molecule has 2 aromatic rings. The summed E-state index contributed by atoms with van der Waals surface area (Å²) in [5.74, 6) is -5.47. The van der Waals surface area contributed by atoms with E-state index in [0.29, 0.717) is 16.4 Å². The molecule has 0 fully saturated rings. The first kappa shape index (κ1) is 20.8. The van der Waals surface area contributed by atoms with Gasteiger partial charge in [0.1, 0.15) is 8.07 Å². The quantitative estimate of drug-likeness (QED) is 0.511. The van der Waals surface area contributed by atoms with Gasteiger partial charge in [-0.2, -0.15) is 0 Å². The van der Waals surface area contributed by atoms with Crippen LogP contribution in [0.15, 0.2) is 36.4 Å². The van der Waals surface area contributed by atoms with Crippen molar-refractivity contribution in [2.24, 2.45) is 0 Å². The van der Waals surface area contributed by atoms with E-state index in [9.17, 15) is 39.6 Å². The van der Waals surface area contributed by atoms with E-state index >= 15 is 0 Å². The summed E-state index contributed by atoms with van der Waals surface area (Å²) in [7, 11) is -2.66. The van der Waals surface area contributed by atoms with E-state index in [1.807, 2.05) is 13.5 Å². The number of benzene rings is 2. The normalized spacial score (nSPS) is 11.1. The smallest absolute Gasteiger partial charge is 0.336 e. The Kier molecular flexibility index (Phi) is 5.69. The fraction of sp³-hybridized carbons (Fsp3) is 0.158. The van der Waals surface area contributed by atoms with Crippen LogP contribution in [0.2, 0.25) is 12.6 Å². The van der Waals surface area contributed by atoms with Crippen LogP contribution in [-0.2, 0) is 0 Å². The average Bonchev–Trinajstić information content (AvgIpc) is 2.65. The van der Waals surface area contributed by atoms with E-state index in [1.165, 1.54) is 36.4 Å². The molecule has 0 radical (unpaired) electrons. The largest absolute Gasteiger partial charge is 0.478 e.